The molecule has 23 heavy (non-hydrogen) atoms. The van der Waals surface area contributed by atoms with Crippen LogP contribution in [-0.2, 0) is 9.53 Å². The first kappa shape index (κ1) is 22.0. The number of hydrogen-bond donors (Lipinski definition) is 0. The third-order valence-electron chi connectivity index (χ3n) is 2.97. The molecule has 0 unspecified atom stereocenters. The molecular formula is C19H24Br2O2. The van der Waals surface area contributed by atoms with Gasteiger partial charge < -0.3 is 4.74 Å². The molecule has 0 N–H and O–H groups in total. The number of hydrogen-bond acceptors (Lipinski definition) is 2. The predicted molar refractivity (Wildman–Crippen MR) is 104 cm³/mol. The van der Waals surface area contributed by atoms with Crippen LogP contribution in [0.5, 0.6) is 0 Å². The zero-order chi connectivity index (χ0) is 17.2. The van der Waals surface area contributed by atoms with Gasteiger partial charge in [0.25, 0.3) is 0 Å². The summed E-state index contributed by atoms with van der Waals surface area (Å²) >= 11 is 6.72. The van der Waals surface area contributed by atoms with Crippen molar-refractivity contribution in [2.24, 2.45) is 0 Å². The number of carbonyl (C=O) groups excluding carboxylic acids is 1. The van der Waals surface area contributed by atoms with Crippen molar-refractivity contribution in [1.82, 2.24) is 0 Å². The molecule has 0 heterocycles. The number of methoxy groups -OCH3 is 1. The van der Waals surface area contributed by atoms with Crippen LogP contribution in [0.4, 0.5) is 0 Å². The summed E-state index contributed by atoms with van der Waals surface area (Å²) in [7, 11) is 1.40. The molecule has 0 aromatic heterocycles. The molecule has 0 saturated carbocycles. The van der Waals surface area contributed by atoms with Gasteiger partial charge in [-0.15, -0.1) is 0 Å². The van der Waals surface area contributed by atoms with E-state index in [-0.39, 0.29) is 5.97 Å². The van der Waals surface area contributed by atoms with Gasteiger partial charge in [-0.3, -0.25) is 4.79 Å². The molecule has 0 atom stereocenters. The van der Waals surface area contributed by atoms with Crippen LogP contribution >= 0.6 is 31.9 Å². The molecule has 0 aliphatic rings. The molecule has 0 bridgehead atoms. The summed E-state index contributed by atoms with van der Waals surface area (Å²) in [6.07, 6.45) is 12.8. The van der Waals surface area contributed by atoms with E-state index in [2.05, 4.69) is 66.4 Å². The molecule has 0 aliphatic carbocycles. The van der Waals surface area contributed by atoms with E-state index in [1.165, 1.54) is 26.4 Å². The number of halogens is 2. The van der Waals surface area contributed by atoms with Crippen molar-refractivity contribution in [3.8, 4) is 23.7 Å². The van der Waals surface area contributed by atoms with E-state index in [1.54, 1.807) is 0 Å². The number of unbranched alkanes of at least 4 members (excludes halogenated alkanes) is 6. The lowest BCUT2D eigenvalue weighted by atomic mass is 10.1. The van der Waals surface area contributed by atoms with E-state index >= 15 is 0 Å². The second-order valence-electron chi connectivity index (χ2n) is 4.87. The maximum atomic E-state index is 10.9. The van der Waals surface area contributed by atoms with Crippen LogP contribution in [-0.4, -0.2) is 13.1 Å². The molecule has 0 saturated heterocycles. The van der Waals surface area contributed by atoms with Crippen molar-refractivity contribution < 1.29 is 9.53 Å². The quantitative estimate of drug-likeness (QED) is 0.183. The zero-order valence-electron chi connectivity index (χ0n) is 13.7. The SMILES string of the molecule is COC(=O)CCCC#CC#CCCCCCCC=C(Br)C=CBr. The van der Waals surface area contributed by atoms with Gasteiger partial charge in [0.2, 0.25) is 0 Å². The van der Waals surface area contributed by atoms with Crippen molar-refractivity contribution in [3.63, 3.8) is 0 Å². The maximum absolute atomic E-state index is 10.9. The molecule has 0 radical (unpaired) electrons. The van der Waals surface area contributed by atoms with Gasteiger partial charge in [-0.2, -0.15) is 0 Å². The van der Waals surface area contributed by atoms with Crippen LogP contribution in [0.1, 0.15) is 57.8 Å². The monoisotopic (exact) mass is 442 g/mol. The third kappa shape index (κ3) is 17.2. The lowest BCUT2D eigenvalue weighted by Gasteiger charge is -1.96. The minimum absolute atomic E-state index is 0.180. The van der Waals surface area contributed by atoms with E-state index in [0.29, 0.717) is 12.8 Å². The van der Waals surface area contributed by atoms with Crippen LogP contribution in [0.2, 0.25) is 0 Å². The topological polar surface area (TPSA) is 26.3 Å². The lowest BCUT2D eigenvalue weighted by molar-refractivity contribution is -0.140. The Hall–Kier alpha value is -0.970. The Balaban J connectivity index is 3.49. The Morgan fingerprint density at radius 1 is 1.04 bits per heavy atom. The van der Waals surface area contributed by atoms with Gasteiger partial charge in [-0.05, 0) is 48.6 Å². The molecule has 2 nitrogen and oxygen atoms in total. The predicted octanol–water partition coefficient (Wildman–Crippen LogP) is 5.86. The minimum Gasteiger partial charge on any atom is -0.469 e. The van der Waals surface area contributed by atoms with Gasteiger partial charge in [-0.1, -0.05) is 62.6 Å². The number of ether oxygens (including phenoxy) is 1. The highest BCUT2D eigenvalue weighted by Gasteiger charge is 1.96. The highest BCUT2D eigenvalue weighted by molar-refractivity contribution is 9.12. The first-order valence-corrected chi connectivity index (χ1v) is 9.56. The number of allylic oxidation sites excluding steroid dienone is 3. The Labute approximate surface area is 157 Å². The third-order valence-corrected chi connectivity index (χ3v) is 3.82. The Morgan fingerprint density at radius 3 is 2.35 bits per heavy atom. The molecule has 0 rings (SSSR count). The van der Waals surface area contributed by atoms with Crippen LogP contribution < -0.4 is 0 Å². The largest absolute Gasteiger partial charge is 0.469 e. The van der Waals surface area contributed by atoms with E-state index < -0.39 is 0 Å². The summed E-state index contributed by atoms with van der Waals surface area (Å²) < 4.78 is 5.67. The molecule has 0 spiro atoms. The van der Waals surface area contributed by atoms with Crippen molar-refractivity contribution in [2.45, 2.75) is 57.8 Å². The highest BCUT2D eigenvalue weighted by atomic mass is 79.9. The molecule has 0 fully saturated rings. The average molecular weight is 444 g/mol. The Kier molecular flexibility index (Phi) is 16.7. The van der Waals surface area contributed by atoms with E-state index in [0.717, 1.165) is 30.2 Å². The highest BCUT2D eigenvalue weighted by Crippen LogP contribution is 2.12. The molecule has 0 aromatic rings. The molecule has 0 aliphatic heterocycles. The van der Waals surface area contributed by atoms with Crippen molar-refractivity contribution in [1.29, 1.82) is 0 Å². The summed E-state index contributed by atoms with van der Waals surface area (Å²) in [4.78, 5) is 12.7. The summed E-state index contributed by atoms with van der Waals surface area (Å²) in [5.41, 5.74) is 0. The van der Waals surface area contributed by atoms with E-state index in [1.807, 2.05) is 11.1 Å². The fourth-order valence-corrected chi connectivity index (χ4v) is 2.72. The smallest absolute Gasteiger partial charge is 0.305 e. The van der Waals surface area contributed by atoms with Crippen molar-refractivity contribution in [3.05, 3.63) is 21.6 Å². The van der Waals surface area contributed by atoms with E-state index in [9.17, 15) is 4.79 Å². The number of esters is 1. The van der Waals surface area contributed by atoms with E-state index in [4.69, 9.17) is 0 Å². The van der Waals surface area contributed by atoms with Gasteiger partial charge in [0, 0.05) is 23.7 Å². The van der Waals surface area contributed by atoms with Crippen LogP contribution in [0.25, 0.3) is 0 Å². The maximum Gasteiger partial charge on any atom is 0.305 e. The fraction of sp³-hybridized carbons (Fsp3) is 0.526. The molecule has 0 aromatic carbocycles. The molecular weight excluding hydrogens is 420 g/mol. The lowest BCUT2D eigenvalue weighted by Crippen LogP contribution is -1.98. The van der Waals surface area contributed by atoms with Crippen LogP contribution in [0.3, 0.4) is 0 Å². The van der Waals surface area contributed by atoms with Gasteiger partial charge >= 0.3 is 5.97 Å². The Morgan fingerprint density at radius 2 is 1.70 bits per heavy atom. The summed E-state index contributed by atoms with van der Waals surface area (Å²) in [6, 6.07) is 0. The first-order chi connectivity index (χ1) is 11.2. The normalized spacial score (nSPS) is 10.7. The second kappa shape index (κ2) is 17.4. The average Bonchev–Trinajstić information content (AvgIpc) is 2.55. The van der Waals surface area contributed by atoms with Gasteiger partial charge in [0.15, 0.2) is 0 Å². The minimum atomic E-state index is -0.180. The molecule has 4 heteroatoms. The van der Waals surface area contributed by atoms with Gasteiger partial charge in [-0.25, -0.2) is 0 Å². The summed E-state index contributed by atoms with van der Waals surface area (Å²) in [5.74, 6) is 11.5. The summed E-state index contributed by atoms with van der Waals surface area (Å²) in [5, 5.41) is 0. The second-order valence-corrected chi connectivity index (χ2v) is 6.31. The molecule has 126 valence electrons. The number of rotatable bonds is 10. The fourth-order valence-electron chi connectivity index (χ4n) is 1.72. The van der Waals surface area contributed by atoms with Crippen LogP contribution in [0.15, 0.2) is 21.6 Å². The molecule has 0 amide bonds. The van der Waals surface area contributed by atoms with Crippen molar-refractivity contribution in [2.75, 3.05) is 7.11 Å². The summed E-state index contributed by atoms with van der Waals surface area (Å²) in [6.45, 7) is 0. The van der Waals surface area contributed by atoms with Gasteiger partial charge in [0.1, 0.15) is 0 Å². The standard InChI is InChI=1S/C19H24Br2O2/c1-23-19(22)15-13-11-9-7-5-3-2-4-6-8-10-12-14-18(21)16-17-20/h14,16-17H,2,4,6,8,10-13,15H2,1H3. The first-order valence-electron chi connectivity index (χ1n) is 7.85. The van der Waals surface area contributed by atoms with Crippen molar-refractivity contribution >= 4 is 37.8 Å². The van der Waals surface area contributed by atoms with Gasteiger partial charge in [0.05, 0.1) is 7.11 Å². The van der Waals surface area contributed by atoms with Crippen LogP contribution in [0, 0.1) is 23.7 Å². The Bertz CT molecular complexity index is 499. The zero-order valence-corrected chi connectivity index (χ0v) is 16.8. The number of carbonyl (C=O) groups is 1.